The number of fused-ring (bicyclic) bond motifs is 3. The summed E-state index contributed by atoms with van der Waals surface area (Å²) in [6.45, 7) is 4.53. The molecule has 0 bridgehead atoms. The van der Waals surface area contributed by atoms with Crippen LogP contribution < -0.4 is 4.74 Å². The molecule has 2 nitrogen and oxygen atoms in total. The molecule has 0 heterocycles. The van der Waals surface area contributed by atoms with E-state index in [2.05, 4.69) is 49.0 Å². The van der Waals surface area contributed by atoms with E-state index in [1.165, 1.54) is 22.4 Å². The molecule has 0 atom stereocenters. The Labute approximate surface area is 118 Å². The van der Waals surface area contributed by atoms with Gasteiger partial charge in [0.25, 0.3) is 0 Å². The third-order valence-corrected chi connectivity index (χ3v) is 3.31. The SMILES string of the molecule is C=COCCOc1cc2ccccc2c2ccccc12. The molecule has 0 aromatic heterocycles. The summed E-state index contributed by atoms with van der Waals surface area (Å²) in [7, 11) is 0. The van der Waals surface area contributed by atoms with Crippen molar-refractivity contribution in [3.8, 4) is 5.75 Å². The topological polar surface area (TPSA) is 18.5 Å². The van der Waals surface area contributed by atoms with E-state index in [9.17, 15) is 0 Å². The van der Waals surface area contributed by atoms with Gasteiger partial charge in [0.05, 0.1) is 6.26 Å². The highest BCUT2D eigenvalue weighted by atomic mass is 16.5. The van der Waals surface area contributed by atoms with Crippen molar-refractivity contribution in [2.75, 3.05) is 13.2 Å². The van der Waals surface area contributed by atoms with Gasteiger partial charge in [-0.2, -0.15) is 0 Å². The van der Waals surface area contributed by atoms with Gasteiger partial charge >= 0.3 is 0 Å². The van der Waals surface area contributed by atoms with Gasteiger partial charge in [0, 0.05) is 5.39 Å². The van der Waals surface area contributed by atoms with Crippen LogP contribution in [0, 0.1) is 0 Å². The zero-order valence-corrected chi connectivity index (χ0v) is 11.2. The van der Waals surface area contributed by atoms with Gasteiger partial charge in [-0.1, -0.05) is 55.1 Å². The van der Waals surface area contributed by atoms with Crippen molar-refractivity contribution in [1.82, 2.24) is 0 Å². The van der Waals surface area contributed by atoms with Crippen molar-refractivity contribution in [2.24, 2.45) is 0 Å². The van der Waals surface area contributed by atoms with Gasteiger partial charge in [-0.05, 0) is 22.2 Å². The standard InChI is InChI=1S/C18H16O2/c1-2-19-11-12-20-18-13-14-7-3-4-8-15(14)16-9-5-6-10-17(16)18/h2-10,13H,1,11-12H2. The van der Waals surface area contributed by atoms with Crippen molar-refractivity contribution in [3.05, 3.63) is 67.4 Å². The molecule has 3 aromatic carbocycles. The first-order valence-electron chi connectivity index (χ1n) is 6.66. The second kappa shape index (κ2) is 5.66. The maximum Gasteiger partial charge on any atom is 0.127 e. The highest BCUT2D eigenvalue weighted by molar-refractivity contribution is 6.10. The van der Waals surface area contributed by atoms with Crippen LogP contribution in [0.2, 0.25) is 0 Å². The molecule has 0 radical (unpaired) electrons. The first-order valence-corrected chi connectivity index (χ1v) is 6.66. The maximum atomic E-state index is 5.86. The first-order chi connectivity index (χ1) is 9.90. The lowest BCUT2D eigenvalue weighted by molar-refractivity contribution is 0.181. The predicted molar refractivity (Wildman–Crippen MR) is 83.1 cm³/mol. The van der Waals surface area contributed by atoms with Gasteiger partial charge < -0.3 is 9.47 Å². The van der Waals surface area contributed by atoms with Crippen LogP contribution >= 0.6 is 0 Å². The Morgan fingerprint density at radius 3 is 2.35 bits per heavy atom. The van der Waals surface area contributed by atoms with Crippen LogP contribution in [0.25, 0.3) is 21.5 Å². The highest BCUT2D eigenvalue weighted by Crippen LogP contribution is 2.33. The Morgan fingerprint density at radius 2 is 1.55 bits per heavy atom. The van der Waals surface area contributed by atoms with Gasteiger partial charge in [-0.3, -0.25) is 0 Å². The van der Waals surface area contributed by atoms with E-state index >= 15 is 0 Å². The lowest BCUT2D eigenvalue weighted by Gasteiger charge is -2.12. The van der Waals surface area contributed by atoms with Crippen molar-refractivity contribution < 1.29 is 9.47 Å². The normalized spacial score (nSPS) is 10.6. The predicted octanol–water partition coefficient (Wildman–Crippen LogP) is 4.53. The molecule has 0 unspecified atom stereocenters. The number of hydrogen-bond acceptors (Lipinski definition) is 2. The number of rotatable bonds is 5. The molecule has 0 aliphatic heterocycles. The van der Waals surface area contributed by atoms with E-state index in [1.54, 1.807) is 0 Å². The molecule has 0 aliphatic rings. The Kier molecular flexibility index (Phi) is 3.55. The summed E-state index contributed by atoms with van der Waals surface area (Å²) >= 11 is 0. The average Bonchev–Trinajstić information content (AvgIpc) is 2.51. The monoisotopic (exact) mass is 264 g/mol. The summed E-state index contributed by atoms with van der Waals surface area (Å²) in [5, 5.41) is 4.78. The Balaban J connectivity index is 2.07. The van der Waals surface area contributed by atoms with Crippen molar-refractivity contribution in [1.29, 1.82) is 0 Å². The van der Waals surface area contributed by atoms with Gasteiger partial charge in [0.1, 0.15) is 19.0 Å². The molecule has 0 saturated carbocycles. The van der Waals surface area contributed by atoms with Crippen LogP contribution in [0.5, 0.6) is 5.75 Å². The lowest BCUT2D eigenvalue weighted by Crippen LogP contribution is -2.04. The minimum atomic E-state index is 0.505. The minimum absolute atomic E-state index is 0.505. The van der Waals surface area contributed by atoms with Gasteiger partial charge in [-0.15, -0.1) is 0 Å². The lowest BCUT2D eigenvalue weighted by atomic mass is 10.0. The molecule has 0 amide bonds. The van der Waals surface area contributed by atoms with Crippen LogP contribution in [0.1, 0.15) is 0 Å². The molecule has 100 valence electrons. The molecule has 2 heteroatoms. The molecule has 0 N–H and O–H groups in total. The van der Waals surface area contributed by atoms with Crippen molar-refractivity contribution >= 4 is 21.5 Å². The molecule has 0 spiro atoms. The molecular weight excluding hydrogens is 248 g/mol. The van der Waals surface area contributed by atoms with Crippen molar-refractivity contribution in [2.45, 2.75) is 0 Å². The maximum absolute atomic E-state index is 5.86. The fraction of sp³-hybridized carbons (Fsp3) is 0.111. The summed E-state index contributed by atoms with van der Waals surface area (Å²) in [5.74, 6) is 0.895. The second-order valence-corrected chi connectivity index (χ2v) is 4.53. The molecule has 0 fully saturated rings. The molecule has 3 rings (SSSR count). The molecular formula is C18H16O2. The fourth-order valence-electron chi connectivity index (χ4n) is 2.42. The van der Waals surface area contributed by atoms with E-state index in [-0.39, 0.29) is 0 Å². The van der Waals surface area contributed by atoms with E-state index in [1.807, 2.05) is 12.1 Å². The summed E-state index contributed by atoms with van der Waals surface area (Å²) in [5.41, 5.74) is 0. The largest absolute Gasteiger partial charge is 0.498 e. The highest BCUT2D eigenvalue weighted by Gasteiger charge is 2.06. The van der Waals surface area contributed by atoms with E-state index in [4.69, 9.17) is 9.47 Å². The Morgan fingerprint density at radius 1 is 0.850 bits per heavy atom. The van der Waals surface area contributed by atoms with E-state index in [0.29, 0.717) is 13.2 Å². The van der Waals surface area contributed by atoms with E-state index in [0.717, 1.165) is 11.1 Å². The molecule has 3 aromatic rings. The third-order valence-electron chi connectivity index (χ3n) is 3.31. The zero-order valence-electron chi connectivity index (χ0n) is 11.2. The van der Waals surface area contributed by atoms with Crippen molar-refractivity contribution in [3.63, 3.8) is 0 Å². The molecule has 0 saturated heterocycles. The van der Waals surface area contributed by atoms with Gasteiger partial charge in [0.2, 0.25) is 0 Å². The van der Waals surface area contributed by atoms with Gasteiger partial charge in [0.15, 0.2) is 0 Å². The van der Waals surface area contributed by atoms with Gasteiger partial charge in [-0.25, -0.2) is 0 Å². The fourth-order valence-corrected chi connectivity index (χ4v) is 2.42. The van der Waals surface area contributed by atoms with Crippen LogP contribution in [0.4, 0.5) is 0 Å². The quantitative estimate of drug-likeness (QED) is 0.383. The molecule has 20 heavy (non-hydrogen) atoms. The summed E-state index contributed by atoms with van der Waals surface area (Å²) in [4.78, 5) is 0. The average molecular weight is 264 g/mol. The number of benzene rings is 3. The minimum Gasteiger partial charge on any atom is -0.498 e. The summed E-state index contributed by atoms with van der Waals surface area (Å²) in [6.07, 6.45) is 1.43. The van der Waals surface area contributed by atoms with E-state index < -0.39 is 0 Å². The van der Waals surface area contributed by atoms with Crippen LogP contribution in [-0.4, -0.2) is 13.2 Å². The number of ether oxygens (including phenoxy) is 2. The summed E-state index contributed by atoms with van der Waals surface area (Å²) in [6, 6.07) is 18.7. The smallest absolute Gasteiger partial charge is 0.127 e. The third kappa shape index (κ3) is 2.32. The second-order valence-electron chi connectivity index (χ2n) is 4.53. The molecule has 0 aliphatic carbocycles. The zero-order chi connectivity index (χ0) is 13.8. The summed E-state index contributed by atoms with van der Waals surface area (Å²) < 4.78 is 11.0. The van der Waals surface area contributed by atoms with Crippen LogP contribution in [0.15, 0.2) is 67.4 Å². The number of hydrogen-bond donors (Lipinski definition) is 0. The van der Waals surface area contributed by atoms with Crippen LogP contribution in [0.3, 0.4) is 0 Å². The Hall–Kier alpha value is -2.48. The Bertz CT molecular complexity index is 747. The van der Waals surface area contributed by atoms with Crippen LogP contribution in [-0.2, 0) is 4.74 Å². The first kappa shape index (κ1) is 12.5.